The molecular weight excluding hydrogens is 260 g/mol. The standard InChI is InChI=1S/C9H16N4O2S2/c1-3-13-5-8(11-6-13)17(14,15)12-4-7(2)9(10)16/h5-7,12H,3-4H2,1-2H3,(H2,10,16). The minimum atomic E-state index is -3.58. The lowest BCUT2D eigenvalue weighted by Gasteiger charge is -2.09. The predicted molar refractivity (Wildman–Crippen MR) is 69.0 cm³/mol. The van der Waals surface area contributed by atoms with E-state index in [9.17, 15) is 8.42 Å². The van der Waals surface area contributed by atoms with Crippen LogP contribution in [-0.4, -0.2) is 29.5 Å². The molecule has 0 aliphatic rings. The number of aromatic nitrogens is 2. The van der Waals surface area contributed by atoms with Gasteiger partial charge in [0.15, 0.2) is 5.03 Å². The molecule has 8 heteroatoms. The molecule has 1 unspecified atom stereocenters. The van der Waals surface area contributed by atoms with E-state index in [1.54, 1.807) is 11.5 Å². The maximum atomic E-state index is 11.8. The van der Waals surface area contributed by atoms with Gasteiger partial charge in [0.25, 0.3) is 10.0 Å². The van der Waals surface area contributed by atoms with Gasteiger partial charge in [-0.1, -0.05) is 19.1 Å². The summed E-state index contributed by atoms with van der Waals surface area (Å²) in [5, 5.41) is 0.00879. The Morgan fingerprint density at radius 3 is 2.82 bits per heavy atom. The van der Waals surface area contributed by atoms with E-state index in [4.69, 9.17) is 18.0 Å². The predicted octanol–water partition coefficient (Wildman–Crippen LogP) is 0.104. The van der Waals surface area contributed by atoms with E-state index in [0.29, 0.717) is 6.54 Å². The Bertz CT molecular complexity index is 495. The second kappa shape index (κ2) is 5.56. The van der Waals surface area contributed by atoms with Crippen molar-refractivity contribution in [3.8, 4) is 0 Å². The molecule has 0 bridgehead atoms. The third kappa shape index (κ3) is 3.76. The summed E-state index contributed by atoms with van der Waals surface area (Å²) < 4.78 is 27.7. The number of hydrogen-bond acceptors (Lipinski definition) is 4. The fourth-order valence-corrected chi connectivity index (χ4v) is 2.22. The number of sulfonamides is 1. The molecule has 1 rings (SSSR count). The Hall–Kier alpha value is -0.990. The molecule has 0 saturated carbocycles. The first-order valence-electron chi connectivity index (χ1n) is 5.17. The average molecular weight is 276 g/mol. The van der Waals surface area contributed by atoms with E-state index in [1.807, 2.05) is 6.92 Å². The largest absolute Gasteiger partial charge is 0.393 e. The summed E-state index contributed by atoms with van der Waals surface area (Å²) in [6.07, 6.45) is 2.96. The first kappa shape index (κ1) is 14.1. The van der Waals surface area contributed by atoms with Crippen molar-refractivity contribution in [2.45, 2.75) is 25.4 Å². The third-order valence-electron chi connectivity index (χ3n) is 2.32. The van der Waals surface area contributed by atoms with Gasteiger partial charge in [-0.05, 0) is 6.92 Å². The van der Waals surface area contributed by atoms with Gasteiger partial charge in [-0.15, -0.1) is 0 Å². The van der Waals surface area contributed by atoms with Crippen LogP contribution >= 0.6 is 12.2 Å². The fourth-order valence-electron chi connectivity index (χ4n) is 1.06. The molecule has 0 radical (unpaired) electrons. The number of rotatable bonds is 6. The Labute approximate surface area is 106 Å². The molecule has 17 heavy (non-hydrogen) atoms. The maximum absolute atomic E-state index is 11.8. The van der Waals surface area contributed by atoms with Crippen LogP contribution in [0.3, 0.4) is 0 Å². The number of imidazole rings is 1. The van der Waals surface area contributed by atoms with E-state index >= 15 is 0 Å². The van der Waals surface area contributed by atoms with Crippen LogP contribution in [-0.2, 0) is 16.6 Å². The van der Waals surface area contributed by atoms with Gasteiger partial charge in [-0.2, -0.15) is 0 Å². The fraction of sp³-hybridized carbons (Fsp3) is 0.556. The molecule has 0 fully saturated rings. The molecule has 0 aromatic carbocycles. The van der Waals surface area contributed by atoms with Crippen molar-refractivity contribution in [2.75, 3.05) is 6.54 Å². The van der Waals surface area contributed by atoms with E-state index in [2.05, 4.69) is 9.71 Å². The number of thiocarbonyl (C=S) groups is 1. The number of aryl methyl sites for hydroxylation is 1. The third-order valence-corrected chi connectivity index (χ3v) is 4.03. The molecule has 1 aromatic heterocycles. The van der Waals surface area contributed by atoms with Gasteiger partial charge in [0.2, 0.25) is 0 Å². The summed E-state index contributed by atoms with van der Waals surface area (Å²) in [5.74, 6) is -0.187. The monoisotopic (exact) mass is 276 g/mol. The van der Waals surface area contributed by atoms with Crippen LogP contribution in [0.5, 0.6) is 0 Å². The second-order valence-electron chi connectivity index (χ2n) is 3.70. The van der Waals surface area contributed by atoms with Crippen LogP contribution in [0.25, 0.3) is 0 Å². The summed E-state index contributed by atoms with van der Waals surface area (Å²) in [5.41, 5.74) is 5.41. The topological polar surface area (TPSA) is 90.0 Å². The van der Waals surface area contributed by atoms with E-state index in [-0.39, 0.29) is 22.5 Å². The molecule has 3 N–H and O–H groups in total. The summed E-state index contributed by atoms with van der Waals surface area (Å²) in [4.78, 5) is 4.11. The highest BCUT2D eigenvalue weighted by atomic mass is 32.2. The highest BCUT2D eigenvalue weighted by Crippen LogP contribution is 2.05. The van der Waals surface area contributed by atoms with Gasteiger partial charge in [-0.25, -0.2) is 18.1 Å². The van der Waals surface area contributed by atoms with Crippen molar-refractivity contribution in [1.82, 2.24) is 14.3 Å². The summed E-state index contributed by atoms with van der Waals surface area (Å²) in [6, 6.07) is 0. The van der Waals surface area contributed by atoms with Crippen LogP contribution in [0.15, 0.2) is 17.6 Å². The Kier molecular flexibility index (Phi) is 4.61. The Morgan fingerprint density at radius 2 is 2.35 bits per heavy atom. The van der Waals surface area contributed by atoms with Crippen LogP contribution in [0.2, 0.25) is 0 Å². The Morgan fingerprint density at radius 1 is 1.71 bits per heavy atom. The number of nitrogens with zero attached hydrogens (tertiary/aromatic N) is 2. The molecule has 96 valence electrons. The van der Waals surface area contributed by atoms with Crippen molar-refractivity contribution in [2.24, 2.45) is 11.7 Å². The normalized spacial score (nSPS) is 13.5. The zero-order valence-corrected chi connectivity index (χ0v) is 11.4. The molecule has 0 spiro atoms. The smallest absolute Gasteiger partial charge is 0.259 e. The number of nitrogens with one attached hydrogen (secondary N) is 1. The Balaban J connectivity index is 2.72. The minimum absolute atomic E-state index is 0.00879. The van der Waals surface area contributed by atoms with Gasteiger partial charge < -0.3 is 10.3 Å². The van der Waals surface area contributed by atoms with Crippen molar-refractivity contribution in [1.29, 1.82) is 0 Å². The SMILES string of the molecule is CCn1cnc(S(=O)(=O)NCC(C)C(N)=S)c1. The lowest BCUT2D eigenvalue weighted by Crippen LogP contribution is -2.33. The van der Waals surface area contributed by atoms with Crippen molar-refractivity contribution in [3.05, 3.63) is 12.5 Å². The van der Waals surface area contributed by atoms with Crippen molar-refractivity contribution >= 4 is 27.2 Å². The van der Waals surface area contributed by atoms with Crippen LogP contribution in [0.1, 0.15) is 13.8 Å². The average Bonchev–Trinajstić information content (AvgIpc) is 2.75. The lowest BCUT2D eigenvalue weighted by molar-refractivity contribution is 0.571. The second-order valence-corrected chi connectivity index (χ2v) is 5.88. The highest BCUT2D eigenvalue weighted by Gasteiger charge is 2.18. The summed E-state index contributed by atoms with van der Waals surface area (Å²) in [6.45, 7) is 4.51. The molecule has 0 saturated heterocycles. The zero-order valence-electron chi connectivity index (χ0n) is 9.75. The number of hydrogen-bond donors (Lipinski definition) is 2. The van der Waals surface area contributed by atoms with E-state index < -0.39 is 10.0 Å². The van der Waals surface area contributed by atoms with Crippen LogP contribution in [0, 0.1) is 5.92 Å². The van der Waals surface area contributed by atoms with Crippen LogP contribution < -0.4 is 10.5 Å². The number of nitrogens with two attached hydrogens (primary N) is 1. The molecular formula is C9H16N4O2S2. The molecule has 1 aromatic rings. The van der Waals surface area contributed by atoms with Gasteiger partial charge in [0, 0.05) is 25.2 Å². The first-order valence-corrected chi connectivity index (χ1v) is 7.06. The van der Waals surface area contributed by atoms with Gasteiger partial charge >= 0.3 is 0 Å². The molecule has 0 aliphatic heterocycles. The van der Waals surface area contributed by atoms with Gasteiger partial charge in [0.05, 0.1) is 11.3 Å². The summed E-state index contributed by atoms with van der Waals surface area (Å²) >= 11 is 4.77. The van der Waals surface area contributed by atoms with Gasteiger partial charge in [-0.3, -0.25) is 0 Å². The quantitative estimate of drug-likeness (QED) is 0.719. The maximum Gasteiger partial charge on any atom is 0.259 e. The highest BCUT2D eigenvalue weighted by molar-refractivity contribution is 7.89. The minimum Gasteiger partial charge on any atom is -0.393 e. The molecule has 1 atom stereocenters. The van der Waals surface area contributed by atoms with E-state index in [1.165, 1.54) is 12.5 Å². The lowest BCUT2D eigenvalue weighted by atomic mass is 10.2. The van der Waals surface area contributed by atoms with Crippen molar-refractivity contribution in [3.63, 3.8) is 0 Å². The molecule has 6 nitrogen and oxygen atoms in total. The van der Waals surface area contributed by atoms with Crippen LogP contribution in [0.4, 0.5) is 0 Å². The van der Waals surface area contributed by atoms with E-state index in [0.717, 1.165) is 0 Å². The van der Waals surface area contributed by atoms with Gasteiger partial charge in [0.1, 0.15) is 0 Å². The molecule has 1 heterocycles. The molecule has 0 aliphatic carbocycles. The summed E-state index contributed by atoms with van der Waals surface area (Å²) in [7, 11) is -3.58. The van der Waals surface area contributed by atoms with Crippen molar-refractivity contribution < 1.29 is 8.42 Å². The molecule has 0 amide bonds. The first-order chi connectivity index (χ1) is 7.86. The zero-order chi connectivity index (χ0) is 13.1.